The van der Waals surface area contributed by atoms with Gasteiger partial charge in [0.05, 0.1) is 11.6 Å². The van der Waals surface area contributed by atoms with Gasteiger partial charge in [0.15, 0.2) is 0 Å². The van der Waals surface area contributed by atoms with E-state index in [1.54, 1.807) is 0 Å². The molecule has 1 aliphatic carbocycles. The summed E-state index contributed by atoms with van der Waals surface area (Å²) < 4.78 is 0. The van der Waals surface area contributed by atoms with Gasteiger partial charge in [0.25, 0.3) is 0 Å². The molecule has 90 valence electrons. The molecule has 2 nitrogen and oxygen atoms in total. The predicted octanol–water partition coefficient (Wildman–Crippen LogP) is 3.23. The second kappa shape index (κ2) is 5.84. The molecule has 1 aliphatic rings. The van der Waals surface area contributed by atoms with Gasteiger partial charge in [-0.3, -0.25) is 0 Å². The van der Waals surface area contributed by atoms with Crippen molar-refractivity contribution in [1.29, 1.82) is 5.26 Å². The van der Waals surface area contributed by atoms with Gasteiger partial charge in [0, 0.05) is 12.6 Å². The zero-order valence-corrected chi connectivity index (χ0v) is 10.4. The first kappa shape index (κ1) is 12.1. The van der Waals surface area contributed by atoms with Crippen LogP contribution in [0.15, 0.2) is 24.3 Å². The van der Waals surface area contributed by atoms with Gasteiger partial charge in [-0.1, -0.05) is 25.5 Å². The van der Waals surface area contributed by atoms with Crippen molar-refractivity contribution in [3.63, 3.8) is 0 Å². The van der Waals surface area contributed by atoms with E-state index in [9.17, 15) is 0 Å². The predicted molar refractivity (Wildman–Crippen MR) is 69.4 cm³/mol. The van der Waals surface area contributed by atoms with Crippen LogP contribution in [-0.4, -0.2) is 6.04 Å². The van der Waals surface area contributed by atoms with Crippen molar-refractivity contribution in [2.45, 2.75) is 45.2 Å². The monoisotopic (exact) mass is 228 g/mol. The minimum atomic E-state index is 0.690. The van der Waals surface area contributed by atoms with Gasteiger partial charge >= 0.3 is 0 Å². The molecule has 0 heterocycles. The van der Waals surface area contributed by atoms with Crippen molar-refractivity contribution in [2.75, 3.05) is 0 Å². The molecular formula is C15H20N2. The molecule has 0 radical (unpaired) electrons. The summed E-state index contributed by atoms with van der Waals surface area (Å²) in [7, 11) is 0. The van der Waals surface area contributed by atoms with Crippen LogP contribution in [0.5, 0.6) is 0 Å². The molecular weight excluding hydrogens is 208 g/mol. The van der Waals surface area contributed by atoms with Gasteiger partial charge in [-0.05, 0) is 42.9 Å². The van der Waals surface area contributed by atoms with E-state index in [4.69, 9.17) is 5.26 Å². The molecule has 1 aromatic carbocycles. The first-order chi connectivity index (χ1) is 8.31. The number of hydrogen-bond donors (Lipinski definition) is 1. The van der Waals surface area contributed by atoms with Gasteiger partial charge in [0.1, 0.15) is 0 Å². The Morgan fingerprint density at radius 3 is 2.65 bits per heavy atom. The molecule has 0 aromatic heterocycles. The Morgan fingerprint density at radius 2 is 2.06 bits per heavy atom. The molecule has 1 fully saturated rings. The van der Waals surface area contributed by atoms with Crippen LogP contribution in [0, 0.1) is 17.2 Å². The SMILES string of the molecule is CCC1CCC(NCc2ccc(C#N)cc2)C1. The highest BCUT2D eigenvalue weighted by molar-refractivity contribution is 5.31. The fraction of sp³-hybridized carbons (Fsp3) is 0.533. The van der Waals surface area contributed by atoms with Crippen molar-refractivity contribution in [3.05, 3.63) is 35.4 Å². The minimum Gasteiger partial charge on any atom is -0.310 e. The average molecular weight is 228 g/mol. The summed E-state index contributed by atoms with van der Waals surface area (Å²) in [5.74, 6) is 0.925. The molecule has 17 heavy (non-hydrogen) atoms. The van der Waals surface area contributed by atoms with Crippen LogP contribution >= 0.6 is 0 Å². The molecule has 2 atom stereocenters. The summed E-state index contributed by atoms with van der Waals surface area (Å²) in [4.78, 5) is 0. The van der Waals surface area contributed by atoms with E-state index in [0.717, 1.165) is 18.0 Å². The van der Waals surface area contributed by atoms with Crippen LogP contribution in [0.1, 0.15) is 43.7 Å². The number of nitrogens with one attached hydrogen (secondary N) is 1. The van der Waals surface area contributed by atoms with Crippen LogP contribution in [0.3, 0.4) is 0 Å². The Kier molecular flexibility index (Phi) is 4.17. The third-order valence-corrected chi connectivity index (χ3v) is 3.80. The molecule has 2 unspecified atom stereocenters. The Labute approximate surface area is 104 Å². The topological polar surface area (TPSA) is 35.8 Å². The van der Waals surface area contributed by atoms with E-state index in [1.165, 1.54) is 31.2 Å². The molecule has 2 rings (SSSR count). The quantitative estimate of drug-likeness (QED) is 0.858. The Morgan fingerprint density at radius 1 is 1.29 bits per heavy atom. The van der Waals surface area contributed by atoms with E-state index >= 15 is 0 Å². The zero-order chi connectivity index (χ0) is 12.1. The molecule has 0 aliphatic heterocycles. The number of rotatable bonds is 4. The fourth-order valence-electron chi connectivity index (χ4n) is 2.59. The smallest absolute Gasteiger partial charge is 0.0991 e. The highest BCUT2D eigenvalue weighted by Crippen LogP contribution is 2.27. The van der Waals surface area contributed by atoms with Crippen LogP contribution in [0.25, 0.3) is 0 Å². The molecule has 0 amide bonds. The standard InChI is InChI=1S/C15H20N2/c1-2-12-7-8-15(9-12)17-11-14-5-3-13(10-16)4-6-14/h3-6,12,15,17H,2,7-9,11H2,1H3. The molecule has 0 spiro atoms. The Balaban J connectivity index is 1.80. The van der Waals surface area contributed by atoms with Crippen LogP contribution in [0.4, 0.5) is 0 Å². The van der Waals surface area contributed by atoms with E-state index in [0.29, 0.717) is 6.04 Å². The van der Waals surface area contributed by atoms with Crippen LogP contribution in [0.2, 0.25) is 0 Å². The number of nitriles is 1. The normalized spacial score (nSPS) is 23.5. The van der Waals surface area contributed by atoms with E-state index in [2.05, 4.69) is 18.3 Å². The van der Waals surface area contributed by atoms with Crippen molar-refractivity contribution in [3.8, 4) is 6.07 Å². The molecule has 0 saturated heterocycles. The maximum atomic E-state index is 8.72. The zero-order valence-electron chi connectivity index (χ0n) is 10.4. The highest BCUT2D eigenvalue weighted by atomic mass is 14.9. The van der Waals surface area contributed by atoms with E-state index in [1.807, 2.05) is 24.3 Å². The first-order valence-electron chi connectivity index (χ1n) is 6.54. The first-order valence-corrected chi connectivity index (χ1v) is 6.54. The van der Waals surface area contributed by atoms with Gasteiger partial charge in [-0.15, -0.1) is 0 Å². The van der Waals surface area contributed by atoms with Crippen molar-refractivity contribution >= 4 is 0 Å². The van der Waals surface area contributed by atoms with Crippen LogP contribution < -0.4 is 5.32 Å². The number of benzene rings is 1. The number of nitrogens with zero attached hydrogens (tertiary/aromatic N) is 1. The molecule has 1 saturated carbocycles. The largest absolute Gasteiger partial charge is 0.310 e. The van der Waals surface area contributed by atoms with Gasteiger partial charge in [-0.2, -0.15) is 5.26 Å². The van der Waals surface area contributed by atoms with E-state index in [-0.39, 0.29) is 0 Å². The second-order valence-electron chi connectivity index (χ2n) is 4.97. The summed E-state index contributed by atoms with van der Waals surface area (Å²) >= 11 is 0. The summed E-state index contributed by atoms with van der Waals surface area (Å²) in [6.45, 7) is 3.21. The Bertz CT molecular complexity index is 388. The minimum absolute atomic E-state index is 0.690. The average Bonchev–Trinajstić information content (AvgIpc) is 2.85. The van der Waals surface area contributed by atoms with Gasteiger partial charge in [-0.25, -0.2) is 0 Å². The van der Waals surface area contributed by atoms with Gasteiger partial charge in [0.2, 0.25) is 0 Å². The summed E-state index contributed by atoms with van der Waals surface area (Å²) in [5.41, 5.74) is 2.00. The molecule has 0 bridgehead atoms. The fourth-order valence-corrected chi connectivity index (χ4v) is 2.59. The van der Waals surface area contributed by atoms with Crippen LogP contribution in [-0.2, 0) is 6.54 Å². The third-order valence-electron chi connectivity index (χ3n) is 3.80. The lowest BCUT2D eigenvalue weighted by Crippen LogP contribution is -2.25. The van der Waals surface area contributed by atoms with E-state index < -0.39 is 0 Å². The lowest BCUT2D eigenvalue weighted by Gasteiger charge is -2.12. The molecule has 1 aromatic rings. The second-order valence-corrected chi connectivity index (χ2v) is 4.97. The maximum Gasteiger partial charge on any atom is 0.0991 e. The Hall–Kier alpha value is -1.33. The van der Waals surface area contributed by atoms with Crippen molar-refractivity contribution in [2.24, 2.45) is 5.92 Å². The summed E-state index contributed by atoms with van der Waals surface area (Å²) in [6.07, 6.45) is 5.33. The van der Waals surface area contributed by atoms with Gasteiger partial charge < -0.3 is 5.32 Å². The van der Waals surface area contributed by atoms with Crippen molar-refractivity contribution < 1.29 is 0 Å². The summed E-state index contributed by atoms with van der Waals surface area (Å²) in [6, 6.07) is 10.7. The van der Waals surface area contributed by atoms with Crippen molar-refractivity contribution in [1.82, 2.24) is 5.32 Å². The highest BCUT2D eigenvalue weighted by Gasteiger charge is 2.22. The maximum absolute atomic E-state index is 8.72. The molecule has 2 heteroatoms. The summed E-state index contributed by atoms with van der Waals surface area (Å²) in [5, 5.41) is 12.3. The lowest BCUT2D eigenvalue weighted by atomic mass is 10.1. The third kappa shape index (κ3) is 3.31. The number of hydrogen-bond acceptors (Lipinski definition) is 2. The lowest BCUT2D eigenvalue weighted by molar-refractivity contribution is 0.477. The molecule has 1 N–H and O–H groups in total.